The zero-order chi connectivity index (χ0) is 18.5. The average molecular weight is 381 g/mol. The molecule has 0 unspecified atom stereocenters. The molecule has 0 spiro atoms. The lowest BCUT2D eigenvalue weighted by Crippen LogP contribution is -2.27. The van der Waals surface area contributed by atoms with Crippen LogP contribution in [0, 0.1) is 0 Å². The van der Waals surface area contributed by atoms with Crippen molar-refractivity contribution in [3.63, 3.8) is 0 Å². The minimum absolute atomic E-state index is 0.101. The molecule has 24 heavy (non-hydrogen) atoms. The molecule has 0 saturated carbocycles. The molecule has 0 rings (SSSR count). The van der Waals surface area contributed by atoms with Crippen LogP contribution in [0.2, 0.25) is 19.1 Å². The third-order valence-electron chi connectivity index (χ3n) is 4.39. The molecule has 7 heteroatoms. The number of rotatable bonds is 16. The highest BCUT2D eigenvalue weighted by molar-refractivity contribution is 7.85. The molecule has 0 fully saturated rings. The Morgan fingerprint density at radius 3 is 1.83 bits per heavy atom. The number of unbranched alkanes of at least 4 members (excludes halogenated alkanes) is 7. The summed E-state index contributed by atoms with van der Waals surface area (Å²) in [5, 5.41) is 0. The van der Waals surface area contributed by atoms with Gasteiger partial charge in [0.05, 0.1) is 5.75 Å². The van der Waals surface area contributed by atoms with E-state index in [9.17, 15) is 13.2 Å². The van der Waals surface area contributed by atoms with Gasteiger partial charge in [-0.3, -0.25) is 9.35 Å². The molecule has 1 N–H and O–H groups in total. The Hall–Kier alpha value is -0.243. The molecular weight excluding hydrogens is 344 g/mol. The molecule has 0 aliphatic carbocycles. The van der Waals surface area contributed by atoms with Gasteiger partial charge in [0.15, 0.2) is 8.32 Å². The van der Waals surface area contributed by atoms with Gasteiger partial charge >= 0.3 is 0 Å². The molecule has 0 saturated heterocycles. The van der Waals surface area contributed by atoms with Crippen molar-refractivity contribution in [3.05, 3.63) is 0 Å². The van der Waals surface area contributed by atoms with E-state index >= 15 is 0 Å². The Kier molecular flexibility index (Phi) is 12.9. The second-order valence-corrected chi connectivity index (χ2v) is 13.2. The van der Waals surface area contributed by atoms with E-state index in [0.717, 1.165) is 19.3 Å². The van der Waals surface area contributed by atoms with Crippen LogP contribution in [0.25, 0.3) is 0 Å². The standard InChI is InChI=1S/C17H36O5SSi/c1-22-24(2,3)16-11-9-7-5-4-6-8-10-13-17(18)14-12-15-23(19,20)21/h4-16H2,1-3H3,(H,19,20,21). The number of carbonyl (C=O) groups is 1. The maximum Gasteiger partial charge on any atom is 0.264 e. The SMILES string of the molecule is CO[Si](C)(C)CCCCCCCCCCC(=O)CCCS(=O)(=O)O. The predicted octanol–water partition coefficient (Wildman–Crippen LogP) is 4.59. The predicted molar refractivity (Wildman–Crippen MR) is 102 cm³/mol. The van der Waals surface area contributed by atoms with E-state index in [2.05, 4.69) is 13.1 Å². The molecule has 144 valence electrons. The van der Waals surface area contributed by atoms with Crippen LogP contribution >= 0.6 is 0 Å². The second-order valence-electron chi connectivity index (χ2n) is 7.22. The van der Waals surface area contributed by atoms with Crippen LogP contribution in [0.4, 0.5) is 0 Å². The van der Waals surface area contributed by atoms with E-state index in [1.807, 2.05) is 7.11 Å². The molecule has 0 radical (unpaired) electrons. The summed E-state index contributed by atoms with van der Waals surface area (Å²) in [7, 11) is -3.48. The van der Waals surface area contributed by atoms with Gasteiger partial charge in [-0.25, -0.2) is 0 Å². The Labute approximate surface area is 149 Å². The van der Waals surface area contributed by atoms with E-state index in [4.69, 9.17) is 8.98 Å². The van der Waals surface area contributed by atoms with E-state index < -0.39 is 18.4 Å². The van der Waals surface area contributed by atoms with Gasteiger partial charge in [0, 0.05) is 20.0 Å². The van der Waals surface area contributed by atoms with Crippen molar-refractivity contribution in [2.75, 3.05) is 12.9 Å². The van der Waals surface area contributed by atoms with E-state index in [1.54, 1.807) is 0 Å². The normalized spacial score (nSPS) is 12.5. The monoisotopic (exact) mass is 380 g/mol. The van der Waals surface area contributed by atoms with Crippen LogP contribution in [0.3, 0.4) is 0 Å². The maximum atomic E-state index is 11.6. The Bertz CT molecular complexity index is 434. The zero-order valence-corrected chi connectivity index (χ0v) is 17.5. The molecule has 0 aromatic rings. The Balaban J connectivity index is 3.35. The number of Topliss-reactive ketones (excluding diaryl/α,β-unsaturated/α-hetero) is 1. The van der Waals surface area contributed by atoms with Gasteiger partial charge in [-0.05, 0) is 32.0 Å². The third kappa shape index (κ3) is 16.6. The fourth-order valence-electron chi connectivity index (χ4n) is 2.61. The first kappa shape index (κ1) is 23.8. The molecule has 0 aliphatic rings. The van der Waals surface area contributed by atoms with Crippen LogP contribution in [0.5, 0.6) is 0 Å². The second kappa shape index (κ2) is 13.0. The summed E-state index contributed by atoms with van der Waals surface area (Å²) in [5.41, 5.74) is 0. The van der Waals surface area contributed by atoms with E-state index in [-0.39, 0.29) is 24.4 Å². The van der Waals surface area contributed by atoms with E-state index in [0.29, 0.717) is 6.42 Å². The van der Waals surface area contributed by atoms with Crippen molar-refractivity contribution < 1.29 is 22.2 Å². The highest BCUT2D eigenvalue weighted by Crippen LogP contribution is 2.17. The molecule has 0 heterocycles. The summed E-state index contributed by atoms with van der Waals surface area (Å²) in [4.78, 5) is 11.6. The van der Waals surface area contributed by atoms with Crippen molar-refractivity contribution in [1.29, 1.82) is 0 Å². The number of hydrogen-bond donors (Lipinski definition) is 1. The van der Waals surface area contributed by atoms with Gasteiger partial charge in [-0.1, -0.05) is 44.9 Å². The Morgan fingerprint density at radius 2 is 1.33 bits per heavy atom. The molecule has 0 aromatic heterocycles. The molecule has 5 nitrogen and oxygen atoms in total. The van der Waals surface area contributed by atoms with Gasteiger partial charge in [-0.15, -0.1) is 0 Å². The Morgan fingerprint density at radius 1 is 0.875 bits per heavy atom. The first-order valence-electron chi connectivity index (χ1n) is 9.18. The van der Waals surface area contributed by atoms with Crippen LogP contribution in [-0.2, 0) is 19.3 Å². The summed E-state index contributed by atoms with van der Waals surface area (Å²) < 4.78 is 35.2. The van der Waals surface area contributed by atoms with Crippen molar-refractivity contribution in [1.82, 2.24) is 0 Å². The number of ketones is 1. The van der Waals surface area contributed by atoms with Crippen LogP contribution in [0.1, 0.15) is 70.6 Å². The van der Waals surface area contributed by atoms with Gasteiger partial charge in [0.1, 0.15) is 5.78 Å². The summed E-state index contributed by atoms with van der Waals surface area (Å²) >= 11 is 0. The van der Waals surface area contributed by atoms with Gasteiger partial charge in [-0.2, -0.15) is 8.42 Å². The number of hydrogen-bond acceptors (Lipinski definition) is 4. The smallest absolute Gasteiger partial charge is 0.264 e. The lowest BCUT2D eigenvalue weighted by atomic mass is 10.0. The first-order valence-corrected chi connectivity index (χ1v) is 13.9. The maximum absolute atomic E-state index is 11.6. The van der Waals surface area contributed by atoms with Crippen molar-refractivity contribution in [3.8, 4) is 0 Å². The summed E-state index contributed by atoms with van der Waals surface area (Å²) in [5.74, 6) is -0.216. The zero-order valence-electron chi connectivity index (χ0n) is 15.7. The van der Waals surface area contributed by atoms with E-state index in [1.165, 1.54) is 38.1 Å². The minimum atomic E-state index is -3.93. The molecule has 0 amide bonds. The fourth-order valence-corrected chi connectivity index (χ4v) is 4.43. The van der Waals surface area contributed by atoms with Gasteiger partial charge < -0.3 is 4.43 Å². The molecule has 0 bridgehead atoms. The fraction of sp³-hybridized carbons (Fsp3) is 0.941. The lowest BCUT2D eigenvalue weighted by molar-refractivity contribution is -0.119. The lowest BCUT2D eigenvalue weighted by Gasteiger charge is -2.19. The quantitative estimate of drug-likeness (QED) is 0.241. The van der Waals surface area contributed by atoms with Gasteiger partial charge in [0.2, 0.25) is 0 Å². The van der Waals surface area contributed by atoms with Crippen LogP contribution in [0.15, 0.2) is 0 Å². The summed E-state index contributed by atoms with van der Waals surface area (Å²) in [6.07, 6.45) is 10.4. The largest absolute Gasteiger partial charge is 0.420 e. The minimum Gasteiger partial charge on any atom is -0.420 e. The average Bonchev–Trinajstić information content (AvgIpc) is 2.47. The molecule has 0 aromatic carbocycles. The molecular formula is C17H36O5SSi. The summed E-state index contributed by atoms with van der Waals surface area (Å²) in [6.45, 7) is 4.52. The highest BCUT2D eigenvalue weighted by Gasteiger charge is 2.19. The number of carbonyl (C=O) groups excluding carboxylic acids is 1. The van der Waals surface area contributed by atoms with Crippen molar-refractivity contribution in [2.24, 2.45) is 0 Å². The van der Waals surface area contributed by atoms with Crippen molar-refractivity contribution >= 4 is 24.2 Å². The van der Waals surface area contributed by atoms with Crippen molar-refractivity contribution in [2.45, 2.75) is 89.8 Å². The molecule has 0 aliphatic heterocycles. The third-order valence-corrected chi connectivity index (χ3v) is 7.86. The van der Waals surface area contributed by atoms with Gasteiger partial charge in [0.25, 0.3) is 10.1 Å². The summed E-state index contributed by atoms with van der Waals surface area (Å²) in [6, 6.07) is 1.24. The molecule has 0 atom stereocenters. The van der Waals surface area contributed by atoms with Crippen LogP contribution < -0.4 is 0 Å². The topological polar surface area (TPSA) is 80.7 Å². The highest BCUT2D eigenvalue weighted by atomic mass is 32.2. The first-order chi connectivity index (χ1) is 11.2. The van der Waals surface area contributed by atoms with Crippen LogP contribution in [-0.4, -0.2) is 39.9 Å².